The van der Waals surface area contributed by atoms with Crippen LogP contribution in [0.4, 0.5) is 5.69 Å². The highest BCUT2D eigenvalue weighted by atomic mass is 35.5. The Hall–Kier alpha value is -3.47. The largest absolute Gasteiger partial charge is 0.493 e. The number of hydrogen-bond donors (Lipinski definition) is 1. The lowest BCUT2D eigenvalue weighted by atomic mass is 10.1. The minimum absolute atomic E-state index is 0.0684. The summed E-state index contributed by atoms with van der Waals surface area (Å²) in [6.07, 6.45) is 1.04. The summed E-state index contributed by atoms with van der Waals surface area (Å²) in [4.78, 5) is 28.5. The molecule has 3 rings (SSSR count). The number of carbonyl (C=O) groups is 2. The Labute approximate surface area is 257 Å². The van der Waals surface area contributed by atoms with Crippen LogP contribution in [0, 0.1) is 0 Å². The van der Waals surface area contributed by atoms with Crippen molar-refractivity contribution in [1.82, 2.24) is 10.2 Å². The highest BCUT2D eigenvalue weighted by molar-refractivity contribution is 7.92. The van der Waals surface area contributed by atoms with Crippen molar-refractivity contribution in [1.29, 1.82) is 0 Å². The molecule has 1 atom stereocenters. The number of halogens is 2. The van der Waals surface area contributed by atoms with E-state index >= 15 is 0 Å². The van der Waals surface area contributed by atoms with Crippen LogP contribution in [0.15, 0.2) is 71.6 Å². The van der Waals surface area contributed by atoms with E-state index in [1.165, 1.54) is 61.6 Å². The zero-order valence-electron chi connectivity index (χ0n) is 24.0. The van der Waals surface area contributed by atoms with Crippen molar-refractivity contribution >= 4 is 50.7 Å². The third kappa shape index (κ3) is 8.08. The number of benzene rings is 3. The number of rotatable bonds is 14. The topological polar surface area (TPSA) is 105 Å². The number of nitrogens with one attached hydrogen (secondary N) is 1. The molecular weight excluding hydrogens is 601 g/mol. The molecule has 0 aliphatic carbocycles. The number of methoxy groups -OCH3 is 2. The van der Waals surface area contributed by atoms with E-state index in [-0.39, 0.29) is 28.8 Å². The Balaban J connectivity index is 2.08. The SMILES string of the molecule is CCCNC(=O)[C@@H](CC)N(Cc1ccc(Cl)cc1)C(=O)CN(c1ccc(Cl)cc1)S(=O)(=O)c1ccc(OC)c(OC)c1. The molecule has 9 nitrogen and oxygen atoms in total. The molecule has 0 radical (unpaired) electrons. The van der Waals surface area contributed by atoms with E-state index in [1.54, 1.807) is 31.2 Å². The van der Waals surface area contributed by atoms with Gasteiger partial charge in [-0.15, -0.1) is 0 Å². The van der Waals surface area contributed by atoms with Crippen LogP contribution in [-0.4, -0.2) is 58.5 Å². The summed E-state index contributed by atoms with van der Waals surface area (Å²) < 4.78 is 39.7. The first kappa shape index (κ1) is 33.0. The first-order valence-corrected chi connectivity index (χ1v) is 15.6. The summed E-state index contributed by atoms with van der Waals surface area (Å²) >= 11 is 12.1. The minimum atomic E-state index is -4.31. The maximum atomic E-state index is 14.1. The Morgan fingerprint density at radius 2 is 1.48 bits per heavy atom. The van der Waals surface area contributed by atoms with E-state index in [1.807, 2.05) is 6.92 Å². The van der Waals surface area contributed by atoms with Gasteiger partial charge in [-0.25, -0.2) is 8.42 Å². The smallest absolute Gasteiger partial charge is 0.264 e. The summed E-state index contributed by atoms with van der Waals surface area (Å²) in [5.41, 5.74) is 0.952. The van der Waals surface area contributed by atoms with Crippen molar-refractivity contribution in [2.45, 2.75) is 44.2 Å². The highest BCUT2D eigenvalue weighted by Gasteiger charge is 2.34. The molecule has 0 aromatic heterocycles. The van der Waals surface area contributed by atoms with Crippen molar-refractivity contribution in [3.8, 4) is 11.5 Å². The second-order valence-corrected chi connectivity index (χ2v) is 12.1. The predicted octanol–water partition coefficient (Wildman–Crippen LogP) is 5.54. The van der Waals surface area contributed by atoms with Gasteiger partial charge in [0, 0.05) is 29.2 Å². The van der Waals surface area contributed by atoms with Gasteiger partial charge >= 0.3 is 0 Å². The van der Waals surface area contributed by atoms with E-state index in [4.69, 9.17) is 32.7 Å². The lowest BCUT2D eigenvalue weighted by Crippen LogP contribution is -2.52. The number of hydrogen-bond acceptors (Lipinski definition) is 6. The number of ether oxygens (including phenoxy) is 2. The van der Waals surface area contributed by atoms with Crippen molar-refractivity contribution in [2.75, 3.05) is 31.6 Å². The zero-order valence-corrected chi connectivity index (χ0v) is 26.3. The highest BCUT2D eigenvalue weighted by Crippen LogP contribution is 2.33. The molecular formula is C30H35Cl2N3O6S. The molecule has 0 unspecified atom stereocenters. The molecule has 0 aliphatic heterocycles. The van der Waals surface area contributed by atoms with E-state index < -0.39 is 28.5 Å². The third-order valence-corrected chi connectivity index (χ3v) is 8.81. The molecule has 1 N–H and O–H groups in total. The van der Waals surface area contributed by atoms with Gasteiger partial charge in [0.2, 0.25) is 11.8 Å². The van der Waals surface area contributed by atoms with Gasteiger partial charge in [-0.2, -0.15) is 0 Å². The average molecular weight is 637 g/mol. The van der Waals surface area contributed by atoms with Crippen LogP contribution in [-0.2, 0) is 26.2 Å². The molecule has 0 aliphatic rings. The van der Waals surface area contributed by atoms with Gasteiger partial charge in [-0.3, -0.25) is 13.9 Å². The Kier molecular flexibility index (Phi) is 11.9. The van der Waals surface area contributed by atoms with Crippen LogP contribution in [0.1, 0.15) is 32.3 Å². The summed E-state index contributed by atoms with van der Waals surface area (Å²) in [5, 5.41) is 3.78. The van der Waals surface area contributed by atoms with Gasteiger partial charge in [-0.05, 0) is 66.9 Å². The second-order valence-electron chi connectivity index (χ2n) is 9.37. The molecule has 3 aromatic carbocycles. The van der Waals surface area contributed by atoms with Crippen LogP contribution in [0.25, 0.3) is 0 Å². The molecule has 0 bridgehead atoms. The molecule has 3 aromatic rings. The monoisotopic (exact) mass is 635 g/mol. The fourth-order valence-corrected chi connectivity index (χ4v) is 5.99. The number of sulfonamides is 1. The van der Waals surface area contributed by atoms with E-state index in [9.17, 15) is 18.0 Å². The molecule has 42 heavy (non-hydrogen) atoms. The molecule has 0 saturated carbocycles. The fourth-order valence-electron chi connectivity index (χ4n) is 4.31. The Morgan fingerprint density at radius 1 is 0.881 bits per heavy atom. The summed E-state index contributed by atoms with van der Waals surface area (Å²) in [7, 11) is -1.46. The van der Waals surface area contributed by atoms with Gasteiger partial charge in [0.05, 0.1) is 24.8 Å². The number of carbonyl (C=O) groups excluding carboxylic acids is 2. The third-order valence-electron chi connectivity index (χ3n) is 6.54. The van der Waals surface area contributed by atoms with Crippen LogP contribution >= 0.6 is 23.2 Å². The summed E-state index contributed by atoms with van der Waals surface area (Å²) in [6, 6.07) is 16.4. The van der Waals surface area contributed by atoms with Crippen LogP contribution in [0.2, 0.25) is 10.0 Å². The molecule has 12 heteroatoms. The van der Waals surface area contributed by atoms with Crippen molar-refractivity contribution in [3.05, 3.63) is 82.3 Å². The molecule has 0 heterocycles. The normalized spacial score (nSPS) is 11.9. The summed E-state index contributed by atoms with van der Waals surface area (Å²) in [6.45, 7) is 3.67. The van der Waals surface area contributed by atoms with Crippen molar-refractivity contribution < 1.29 is 27.5 Å². The fraction of sp³-hybridized carbons (Fsp3) is 0.333. The number of nitrogens with zero attached hydrogens (tertiary/aromatic N) is 2. The molecule has 2 amide bonds. The predicted molar refractivity (Wildman–Crippen MR) is 165 cm³/mol. The van der Waals surface area contributed by atoms with Crippen LogP contribution in [0.3, 0.4) is 0 Å². The summed E-state index contributed by atoms with van der Waals surface area (Å²) in [5.74, 6) is -0.322. The first-order valence-electron chi connectivity index (χ1n) is 13.4. The van der Waals surface area contributed by atoms with Gasteiger partial charge in [0.1, 0.15) is 12.6 Å². The maximum absolute atomic E-state index is 14.1. The molecule has 0 fully saturated rings. The van der Waals surface area contributed by atoms with E-state index in [0.717, 1.165) is 16.3 Å². The quantitative estimate of drug-likeness (QED) is 0.249. The van der Waals surface area contributed by atoms with Crippen molar-refractivity contribution in [2.24, 2.45) is 0 Å². The lowest BCUT2D eigenvalue weighted by molar-refractivity contribution is -0.140. The minimum Gasteiger partial charge on any atom is -0.493 e. The number of anilines is 1. The van der Waals surface area contributed by atoms with E-state index in [2.05, 4.69) is 5.32 Å². The van der Waals surface area contributed by atoms with Crippen LogP contribution in [0.5, 0.6) is 11.5 Å². The van der Waals surface area contributed by atoms with Gasteiger partial charge < -0.3 is 19.7 Å². The number of amides is 2. The Bertz CT molecular complexity index is 1470. The van der Waals surface area contributed by atoms with Gasteiger partial charge in [0.15, 0.2) is 11.5 Å². The molecule has 0 saturated heterocycles. The average Bonchev–Trinajstić information content (AvgIpc) is 2.99. The van der Waals surface area contributed by atoms with Gasteiger partial charge in [0.25, 0.3) is 10.0 Å². The Morgan fingerprint density at radius 3 is 2.02 bits per heavy atom. The van der Waals surface area contributed by atoms with Gasteiger partial charge in [-0.1, -0.05) is 49.2 Å². The van der Waals surface area contributed by atoms with E-state index in [0.29, 0.717) is 28.8 Å². The standard InChI is InChI=1S/C30H35Cl2N3O6S/c1-5-17-33-30(37)26(6-2)34(19-21-7-9-22(31)10-8-21)29(36)20-35(24-13-11-23(32)12-14-24)42(38,39)25-15-16-27(40-3)28(18-25)41-4/h7-16,18,26H,5-6,17,19-20H2,1-4H3,(H,33,37)/t26-/m1/s1. The first-order chi connectivity index (χ1) is 20.0. The van der Waals surface area contributed by atoms with Crippen molar-refractivity contribution in [3.63, 3.8) is 0 Å². The van der Waals surface area contributed by atoms with Crippen LogP contribution < -0.4 is 19.1 Å². The second kappa shape index (κ2) is 15.1. The zero-order chi connectivity index (χ0) is 30.9. The maximum Gasteiger partial charge on any atom is 0.264 e. The molecule has 226 valence electrons. The molecule has 0 spiro atoms. The lowest BCUT2D eigenvalue weighted by Gasteiger charge is -2.33.